The fourth-order valence-corrected chi connectivity index (χ4v) is 3.40. The van der Waals surface area contributed by atoms with Crippen LogP contribution in [0, 0.1) is 0 Å². The molecule has 2 aromatic rings. The van der Waals surface area contributed by atoms with Crippen LogP contribution < -0.4 is 10.1 Å². The number of thiazole rings is 1. The fourth-order valence-electron chi connectivity index (χ4n) is 2.84. The Morgan fingerprint density at radius 1 is 1.46 bits per heavy atom. The SMILES string of the molecule is COc1ccccc1CN1C(=O)CCC1C(=O)NCc1nccs1. The van der Waals surface area contributed by atoms with E-state index in [1.807, 2.05) is 29.6 Å². The van der Waals surface area contributed by atoms with Gasteiger partial charge in [0.05, 0.1) is 20.2 Å². The minimum absolute atomic E-state index is 0.00435. The molecule has 0 radical (unpaired) electrons. The summed E-state index contributed by atoms with van der Waals surface area (Å²) in [4.78, 5) is 30.5. The van der Waals surface area contributed by atoms with Gasteiger partial charge in [-0.3, -0.25) is 9.59 Å². The normalized spacial score (nSPS) is 17.1. The lowest BCUT2D eigenvalue weighted by Crippen LogP contribution is -2.44. The Hall–Kier alpha value is -2.41. The number of nitrogens with one attached hydrogen (secondary N) is 1. The summed E-state index contributed by atoms with van der Waals surface area (Å²) in [6.07, 6.45) is 2.64. The van der Waals surface area contributed by atoms with Crippen LogP contribution in [0.3, 0.4) is 0 Å². The third-order valence-corrected chi connectivity index (χ3v) is 4.84. The molecular formula is C17H19N3O3S. The number of amides is 2. The average Bonchev–Trinajstić information content (AvgIpc) is 3.24. The van der Waals surface area contributed by atoms with E-state index in [9.17, 15) is 9.59 Å². The van der Waals surface area contributed by atoms with Gasteiger partial charge in [0.15, 0.2) is 0 Å². The quantitative estimate of drug-likeness (QED) is 0.869. The molecule has 1 aliphatic rings. The summed E-state index contributed by atoms with van der Waals surface area (Å²) in [7, 11) is 1.60. The third-order valence-electron chi connectivity index (χ3n) is 4.06. The number of para-hydroxylation sites is 1. The Balaban J connectivity index is 1.68. The van der Waals surface area contributed by atoms with Crippen molar-refractivity contribution in [2.45, 2.75) is 32.0 Å². The summed E-state index contributed by atoms with van der Waals surface area (Å²) in [5.74, 6) is 0.584. The lowest BCUT2D eigenvalue weighted by molar-refractivity contribution is -0.135. The van der Waals surface area contributed by atoms with E-state index in [1.54, 1.807) is 18.2 Å². The van der Waals surface area contributed by atoms with Gasteiger partial charge >= 0.3 is 0 Å². The van der Waals surface area contributed by atoms with Gasteiger partial charge in [0.25, 0.3) is 0 Å². The standard InChI is InChI=1S/C17H19N3O3S/c1-23-14-5-3-2-4-12(14)11-20-13(6-7-16(20)21)17(22)19-10-15-18-8-9-24-15/h2-5,8-9,13H,6-7,10-11H2,1H3,(H,19,22). The number of carbonyl (C=O) groups excluding carboxylic acids is 2. The molecule has 6 nitrogen and oxygen atoms in total. The molecule has 1 fully saturated rings. The zero-order valence-electron chi connectivity index (χ0n) is 13.4. The van der Waals surface area contributed by atoms with Crippen LogP contribution in [0.1, 0.15) is 23.4 Å². The van der Waals surface area contributed by atoms with Gasteiger partial charge in [-0.05, 0) is 12.5 Å². The molecule has 1 aromatic carbocycles. The maximum absolute atomic E-state index is 12.5. The first kappa shape index (κ1) is 16.4. The zero-order valence-corrected chi connectivity index (χ0v) is 14.2. The van der Waals surface area contributed by atoms with Crippen LogP contribution in [0.15, 0.2) is 35.8 Å². The van der Waals surface area contributed by atoms with Crippen molar-refractivity contribution >= 4 is 23.2 Å². The molecule has 0 saturated carbocycles. The second-order valence-corrected chi connectivity index (χ2v) is 6.51. The molecule has 24 heavy (non-hydrogen) atoms. The maximum atomic E-state index is 12.5. The molecule has 1 N–H and O–H groups in total. The van der Waals surface area contributed by atoms with Crippen molar-refractivity contribution in [3.63, 3.8) is 0 Å². The van der Waals surface area contributed by atoms with E-state index in [0.29, 0.717) is 25.9 Å². The molecule has 1 aromatic heterocycles. The predicted octanol–water partition coefficient (Wildman–Crippen LogP) is 1.96. The maximum Gasteiger partial charge on any atom is 0.243 e. The highest BCUT2D eigenvalue weighted by molar-refractivity contribution is 7.09. The number of likely N-dealkylation sites (tertiary alicyclic amines) is 1. The molecule has 126 valence electrons. The van der Waals surface area contributed by atoms with Gasteiger partial charge in [0.1, 0.15) is 16.8 Å². The van der Waals surface area contributed by atoms with Crippen molar-refractivity contribution in [1.82, 2.24) is 15.2 Å². The lowest BCUT2D eigenvalue weighted by Gasteiger charge is -2.24. The van der Waals surface area contributed by atoms with Gasteiger partial charge < -0.3 is 15.0 Å². The topological polar surface area (TPSA) is 71.5 Å². The van der Waals surface area contributed by atoms with E-state index in [0.717, 1.165) is 16.3 Å². The van der Waals surface area contributed by atoms with Crippen molar-refractivity contribution in [1.29, 1.82) is 0 Å². The van der Waals surface area contributed by atoms with Gasteiger partial charge in [-0.25, -0.2) is 4.98 Å². The molecule has 2 heterocycles. The van der Waals surface area contributed by atoms with Gasteiger partial charge in [-0.15, -0.1) is 11.3 Å². The van der Waals surface area contributed by atoms with Crippen LogP contribution >= 0.6 is 11.3 Å². The van der Waals surface area contributed by atoms with E-state index in [2.05, 4.69) is 10.3 Å². The largest absolute Gasteiger partial charge is 0.496 e. The number of ether oxygens (including phenoxy) is 1. The monoisotopic (exact) mass is 345 g/mol. The fraction of sp³-hybridized carbons (Fsp3) is 0.353. The number of carbonyl (C=O) groups is 2. The van der Waals surface area contributed by atoms with E-state index < -0.39 is 6.04 Å². The van der Waals surface area contributed by atoms with E-state index in [-0.39, 0.29) is 11.8 Å². The van der Waals surface area contributed by atoms with Crippen molar-refractivity contribution in [2.75, 3.05) is 7.11 Å². The van der Waals surface area contributed by atoms with Crippen LogP contribution in [-0.4, -0.2) is 34.8 Å². The minimum Gasteiger partial charge on any atom is -0.496 e. The van der Waals surface area contributed by atoms with Crippen molar-refractivity contribution in [3.05, 3.63) is 46.4 Å². The highest BCUT2D eigenvalue weighted by Gasteiger charge is 2.36. The van der Waals surface area contributed by atoms with Crippen LogP contribution in [0.25, 0.3) is 0 Å². The smallest absolute Gasteiger partial charge is 0.243 e. The van der Waals surface area contributed by atoms with Gasteiger partial charge in [-0.2, -0.15) is 0 Å². The first-order valence-corrected chi connectivity index (χ1v) is 8.64. The van der Waals surface area contributed by atoms with Crippen molar-refractivity contribution in [3.8, 4) is 5.75 Å². The van der Waals surface area contributed by atoms with Gasteiger partial charge in [0.2, 0.25) is 11.8 Å². The molecule has 2 amide bonds. The number of rotatable bonds is 6. The van der Waals surface area contributed by atoms with E-state index in [1.165, 1.54) is 11.3 Å². The number of benzene rings is 1. The summed E-state index contributed by atoms with van der Waals surface area (Å²) in [5.41, 5.74) is 0.896. The first-order chi connectivity index (χ1) is 11.7. The molecule has 0 aliphatic carbocycles. The Morgan fingerprint density at radius 3 is 3.04 bits per heavy atom. The molecule has 1 aliphatic heterocycles. The molecule has 1 unspecified atom stereocenters. The number of methoxy groups -OCH3 is 1. The highest BCUT2D eigenvalue weighted by atomic mass is 32.1. The molecule has 0 spiro atoms. The van der Waals surface area contributed by atoms with Gasteiger partial charge in [0, 0.05) is 23.6 Å². The number of hydrogen-bond acceptors (Lipinski definition) is 5. The molecular weight excluding hydrogens is 326 g/mol. The van der Waals surface area contributed by atoms with Crippen molar-refractivity contribution in [2.24, 2.45) is 0 Å². The van der Waals surface area contributed by atoms with Crippen molar-refractivity contribution < 1.29 is 14.3 Å². The summed E-state index contributed by atoms with van der Waals surface area (Å²) >= 11 is 1.49. The Morgan fingerprint density at radius 2 is 2.29 bits per heavy atom. The van der Waals surface area contributed by atoms with Crippen LogP contribution in [-0.2, 0) is 22.7 Å². The first-order valence-electron chi connectivity index (χ1n) is 7.76. The summed E-state index contributed by atoms with van der Waals surface area (Å²) < 4.78 is 5.34. The average molecular weight is 345 g/mol. The summed E-state index contributed by atoms with van der Waals surface area (Å²) in [6.45, 7) is 0.766. The second-order valence-electron chi connectivity index (χ2n) is 5.53. The number of hydrogen-bond donors (Lipinski definition) is 1. The molecule has 1 saturated heterocycles. The summed E-state index contributed by atoms with van der Waals surface area (Å²) in [6, 6.07) is 7.10. The molecule has 3 rings (SSSR count). The zero-order chi connectivity index (χ0) is 16.9. The second kappa shape index (κ2) is 7.44. The van der Waals surface area contributed by atoms with Crippen LogP contribution in [0.5, 0.6) is 5.75 Å². The van der Waals surface area contributed by atoms with Crippen LogP contribution in [0.4, 0.5) is 0 Å². The van der Waals surface area contributed by atoms with Crippen LogP contribution in [0.2, 0.25) is 0 Å². The number of aromatic nitrogens is 1. The minimum atomic E-state index is -0.442. The Bertz CT molecular complexity index is 718. The molecule has 0 bridgehead atoms. The number of nitrogens with zero attached hydrogens (tertiary/aromatic N) is 2. The van der Waals surface area contributed by atoms with Gasteiger partial charge in [-0.1, -0.05) is 18.2 Å². The molecule has 7 heteroatoms. The Kier molecular flexibility index (Phi) is 5.10. The Labute approximate surface area is 144 Å². The highest BCUT2D eigenvalue weighted by Crippen LogP contribution is 2.26. The third kappa shape index (κ3) is 3.56. The van der Waals surface area contributed by atoms with E-state index in [4.69, 9.17) is 4.74 Å². The lowest BCUT2D eigenvalue weighted by atomic mass is 10.1. The van der Waals surface area contributed by atoms with E-state index >= 15 is 0 Å². The molecule has 1 atom stereocenters. The predicted molar refractivity (Wildman–Crippen MR) is 90.5 cm³/mol. The summed E-state index contributed by atoms with van der Waals surface area (Å²) in [5, 5.41) is 5.60.